The highest BCUT2D eigenvalue weighted by Crippen LogP contribution is 2.45. The van der Waals surface area contributed by atoms with Crippen LogP contribution in [0.25, 0.3) is 10.1 Å². The van der Waals surface area contributed by atoms with Crippen molar-refractivity contribution < 1.29 is 9.90 Å². The zero-order valence-corrected chi connectivity index (χ0v) is 23.0. The second-order valence-electron chi connectivity index (χ2n) is 10.2. The molecule has 1 fully saturated rings. The van der Waals surface area contributed by atoms with E-state index in [4.69, 9.17) is 5.10 Å². The van der Waals surface area contributed by atoms with E-state index in [9.17, 15) is 14.7 Å². The molecule has 8 heteroatoms. The predicted octanol–water partition coefficient (Wildman–Crippen LogP) is 6.10. The smallest absolute Gasteiger partial charge is 0.337 e. The van der Waals surface area contributed by atoms with Gasteiger partial charge in [-0.2, -0.15) is 10.2 Å². The summed E-state index contributed by atoms with van der Waals surface area (Å²) in [4.78, 5) is 26.6. The van der Waals surface area contributed by atoms with E-state index in [1.54, 1.807) is 0 Å². The Morgan fingerprint density at radius 3 is 2.18 bits per heavy atom. The Kier molecular flexibility index (Phi) is 6.43. The number of nitrogens with zero attached hydrogens (tertiary/aromatic N) is 4. The van der Waals surface area contributed by atoms with Gasteiger partial charge in [-0.3, -0.25) is 9.48 Å². The number of aromatic nitrogens is 4. The number of carboxylic acids is 1. The van der Waals surface area contributed by atoms with Crippen LogP contribution in [0.3, 0.4) is 0 Å². The van der Waals surface area contributed by atoms with Gasteiger partial charge in [0.25, 0.3) is 5.56 Å². The Hall–Kier alpha value is -4.04. The third-order valence-electron chi connectivity index (χ3n) is 7.66. The molecule has 5 aromatic rings. The number of thiophene rings is 1. The van der Waals surface area contributed by atoms with Crippen LogP contribution in [0.2, 0.25) is 0 Å². The molecule has 2 aromatic carbocycles. The first kappa shape index (κ1) is 25.2. The Labute approximate surface area is 230 Å². The zero-order valence-electron chi connectivity index (χ0n) is 22.2. The molecule has 39 heavy (non-hydrogen) atoms. The zero-order chi connectivity index (χ0) is 27.3. The van der Waals surface area contributed by atoms with E-state index in [1.807, 2.05) is 61.9 Å². The Balaban J connectivity index is 1.50. The average Bonchev–Trinajstić information content (AvgIpc) is 3.66. The first-order chi connectivity index (χ1) is 18.9. The van der Waals surface area contributed by atoms with Crippen molar-refractivity contribution in [2.24, 2.45) is 0 Å². The first-order valence-electron chi connectivity index (χ1n) is 13.3. The molecule has 0 unspecified atom stereocenters. The number of hydrogen-bond donors (Lipinski definition) is 1. The fourth-order valence-corrected chi connectivity index (χ4v) is 6.87. The molecule has 0 bridgehead atoms. The quantitative estimate of drug-likeness (QED) is 0.258. The lowest BCUT2D eigenvalue weighted by atomic mass is 9.98. The normalized spacial score (nSPS) is 13.4. The van der Waals surface area contributed by atoms with Crippen molar-refractivity contribution in [2.45, 2.75) is 58.5 Å². The van der Waals surface area contributed by atoms with Gasteiger partial charge in [0.2, 0.25) is 0 Å². The first-order valence-corrected chi connectivity index (χ1v) is 14.1. The summed E-state index contributed by atoms with van der Waals surface area (Å²) in [5, 5.41) is 20.2. The molecule has 1 aliphatic rings. The van der Waals surface area contributed by atoms with Gasteiger partial charge in [0.15, 0.2) is 0 Å². The monoisotopic (exact) mass is 538 g/mol. The SMILES string of the molecule is CCn1nc(C2CC2)c2sc(Cc3c(C)nn(C(c4ccccc4)c4ccccc4)c3C)c(C(=O)O)c2c1=O. The molecule has 0 aliphatic heterocycles. The third kappa shape index (κ3) is 4.38. The van der Waals surface area contributed by atoms with Crippen LogP contribution < -0.4 is 5.56 Å². The van der Waals surface area contributed by atoms with Gasteiger partial charge in [-0.25, -0.2) is 9.48 Å². The van der Waals surface area contributed by atoms with Crippen LogP contribution in [0.5, 0.6) is 0 Å². The van der Waals surface area contributed by atoms with E-state index in [1.165, 1.54) is 16.0 Å². The summed E-state index contributed by atoms with van der Waals surface area (Å²) in [5.74, 6) is -0.777. The van der Waals surface area contributed by atoms with E-state index < -0.39 is 5.97 Å². The van der Waals surface area contributed by atoms with Crippen molar-refractivity contribution in [1.29, 1.82) is 0 Å². The molecule has 1 N–H and O–H groups in total. The molecule has 0 saturated heterocycles. The molecule has 3 aromatic heterocycles. The number of carbonyl (C=O) groups is 1. The number of carboxylic acid groups (broad SMARTS) is 1. The lowest BCUT2D eigenvalue weighted by Gasteiger charge is -2.21. The minimum Gasteiger partial charge on any atom is -0.478 e. The van der Waals surface area contributed by atoms with Gasteiger partial charge < -0.3 is 5.11 Å². The fourth-order valence-electron chi connectivity index (χ4n) is 5.51. The summed E-state index contributed by atoms with van der Waals surface area (Å²) in [6, 6.07) is 20.4. The van der Waals surface area contributed by atoms with E-state index >= 15 is 0 Å². The molecule has 0 atom stereocenters. The van der Waals surface area contributed by atoms with E-state index in [-0.39, 0.29) is 17.2 Å². The predicted molar refractivity (Wildman–Crippen MR) is 153 cm³/mol. The largest absolute Gasteiger partial charge is 0.478 e. The molecule has 7 nitrogen and oxygen atoms in total. The minimum absolute atomic E-state index is 0.112. The summed E-state index contributed by atoms with van der Waals surface area (Å²) >= 11 is 1.41. The van der Waals surface area contributed by atoms with Crippen LogP contribution in [-0.2, 0) is 13.0 Å². The van der Waals surface area contributed by atoms with E-state index in [2.05, 4.69) is 29.4 Å². The van der Waals surface area contributed by atoms with Crippen LogP contribution in [0, 0.1) is 13.8 Å². The number of fused-ring (bicyclic) bond motifs is 1. The lowest BCUT2D eigenvalue weighted by molar-refractivity contribution is 0.0698. The van der Waals surface area contributed by atoms with Gasteiger partial charge >= 0.3 is 5.97 Å². The van der Waals surface area contributed by atoms with Crippen LogP contribution >= 0.6 is 11.3 Å². The maximum absolute atomic E-state index is 13.3. The number of benzene rings is 2. The molecule has 0 spiro atoms. The average molecular weight is 539 g/mol. The minimum atomic E-state index is -1.07. The summed E-state index contributed by atoms with van der Waals surface area (Å²) < 4.78 is 4.19. The second-order valence-corrected chi connectivity index (χ2v) is 11.3. The Morgan fingerprint density at radius 1 is 1.03 bits per heavy atom. The van der Waals surface area contributed by atoms with Crippen LogP contribution in [-0.4, -0.2) is 30.6 Å². The lowest BCUT2D eigenvalue weighted by Crippen LogP contribution is -2.24. The van der Waals surface area contributed by atoms with Crippen molar-refractivity contribution in [3.8, 4) is 0 Å². The summed E-state index contributed by atoms with van der Waals surface area (Å²) in [7, 11) is 0. The van der Waals surface area contributed by atoms with Gasteiger partial charge in [0.05, 0.1) is 27.0 Å². The molecule has 3 heterocycles. The Bertz CT molecular complexity index is 1710. The van der Waals surface area contributed by atoms with E-state index in [0.717, 1.165) is 51.3 Å². The van der Waals surface area contributed by atoms with E-state index in [0.29, 0.717) is 29.1 Å². The summed E-state index contributed by atoms with van der Waals surface area (Å²) in [5.41, 5.74) is 5.70. The molecule has 1 aliphatic carbocycles. The fraction of sp³-hybridized carbons (Fsp3) is 0.290. The van der Waals surface area contributed by atoms with Crippen molar-refractivity contribution in [1.82, 2.24) is 19.6 Å². The second kappa shape index (κ2) is 9.93. The maximum atomic E-state index is 13.3. The highest BCUT2D eigenvalue weighted by atomic mass is 32.1. The highest BCUT2D eigenvalue weighted by molar-refractivity contribution is 7.19. The van der Waals surface area contributed by atoms with Crippen LogP contribution in [0.1, 0.15) is 80.7 Å². The highest BCUT2D eigenvalue weighted by Gasteiger charge is 2.33. The third-order valence-corrected chi connectivity index (χ3v) is 8.87. The summed E-state index contributed by atoms with van der Waals surface area (Å²) in [6.45, 7) is 6.29. The molecule has 0 amide bonds. The molecule has 198 valence electrons. The molecule has 6 rings (SSSR count). The van der Waals surface area contributed by atoms with Gasteiger partial charge in [-0.05, 0) is 44.7 Å². The van der Waals surface area contributed by atoms with Crippen LogP contribution in [0.15, 0.2) is 65.5 Å². The summed E-state index contributed by atoms with van der Waals surface area (Å²) in [6.07, 6.45) is 2.43. The number of aryl methyl sites for hydroxylation is 2. The standard InChI is InChI=1S/C31H30N4O3S/c1-4-34-30(36)26-25(31(37)38)24(39-29(26)27(33-34)20-15-16-20)17-23-18(2)32-35(19(23)3)28(21-11-7-5-8-12-21)22-13-9-6-10-14-22/h5-14,20,28H,4,15-17H2,1-3H3,(H,37,38). The molecule has 0 radical (unpaired) electrons. The maximum Gasteiger partial charge on any atom is 0.337 e. The topological polar surface area (TPSA) is 90.0 Å². The Morgan fingerprint density at radius 2 is 1.64 bits per heavy atom. The van der Waals surface area contributed by atoms with Crippen molar-refractivity contribution in [3.63, 3.8) is 0 Å². The molecular formula is C31H30N4O3S. The number of rotatable bonds is 8. The van der Waals surface area contributed by atoms with Gasteiger partial charge in [0.1, 0.15) is 6.04 Å². The van der Waals surface area contributed by atoms with Gasteiger partial charge in [-0.15, -0.1) is 11.3 Å². The number of aromatic carboxylic acids is 1. The molecular weight excluding hydrogens is 508 g/mol. The van der Waals surface area contributed by atoms with Crippen molar-refractivity contribution in [3.05, 3.63) is 115 Å². The number of hydrogen-bond acceptors (Lipinski definition) is 5. The molecule has 1 saturated carbocycles. The van der Waals surface area contributed by atoms with Gasteiger partial charge in [-0.1, -0.05) is 60.7 Å². The van der Waals surface area contributed by atoms with Crippen LogP contribution in [0.4, 0.5) is 0 Å². The van der Waals surface area contributed by atoms with Crippen molar-refractivity contribution in [2.75, 3.05) is 0 Å². The van der Waals surface area contributed by atoms with Crippen molar-refractivity contribution >= 4 is 27.4 Å². The van der Waals surface area contributed by atoms with Gasteiger partial charge in [0, 0.05) is 35.0 Å².